The average molecular weight is 478 g/mol. The summed E-state index contributed by atoms with van der Waals surface area (Å²) >= 11 is 0. The number of hydrazine groups is 1. The number of anilines is 1. The van der Waals surface area contributed by atoms with Gasteiger partial charge in [-0.25, -0.2) is 5.01 Å². The van der Waals surface area contributed by atoms with Gasteiger partial charge in [0.1, 0.15) is 0 Å². The van der Waals surface area contributed by atoms with E-state index in [2.05, 4.69) is 33.5 Å². The van der Waals surface area contributed by atoms with Crippen molar-refractivity contribution in [1.82, 2.24) is 19.9 Å². The lowest BCUT2D eigenvalue weighted by Crippen LogP contribution is -2.43. The van der Waals surface area contributed by atoms with Gasteiger partial charge >= 0.3 is 0 Å². The van der Waals surface area contributed by atoms with Crippen molar-refractivity contribution in [3.63, 3.8) is 0 Å². The molecule has 0 bridgehead atoms. The predicted octanol–water partition coefficient (Wildman–Crippen LogP) is 4.86. The summed E-state index contributed by atoms with van der Waals surface area (Å²) in [5.41, 5.74) is 3.84. The van der Waals surface area contributed by atoms with Crippen molar-refractivity contribution in [2.24, 2.45) is 0 Å². The van der Waals surface area contributed by atoms with Crippen molar-refractivity contribution >= 4 is 28.3 Å². The van der Waals surface area contributed by atoms with Gasteiger partial charge < -0.3 is 5.01 Å². The Morgan fingerprint density at radius 1 is 0.833 bits per heavy atom. The van der Waals surface area contributed by atoms with E-state index in [4.69, 9.17) is 0 Å². The zero-order chi connectivity index (χ0) is 25.1. The van der Waals surface area contributed by atoms with Crippen molar-refractivity contribution in [2.45, 2.75) is 20.0 Å². The topological polar surface area (TPSA) is 69.6 Å². The second kappa shape index (κ2) is 10.1. The number of carbonyl (C=O) groups excluding carboxylic acids is 2. The highest BCUT2D eigenvalue weighted by atomic mass is 16.2. The summed E-state index contributed by atoms with van der Waals surface area (Å²) in [6.07, 6.45) is 5.15. The zero-order valence-electron chi connectivity index (χ0n) is 20.2. The molecule has 1 aliphatic heterocycles. The summed E-state index contributed by atoms with van der Waals surface area (Å²) in [5.74, 6) is -0.589. The number of benzene rings is 2. The lowest BCUT2D eigenvalue weighted by molar-refractivity contribution is 0.0629. The summed E-state index contributed by atoms with van der Waals surface area (Å²) in [6, 6.07) is 21.2. The summed E-state index contributed by atoms with van der Waals surface area (Å²) < 4.78 is 0. The van der Waals surface area contributed by atoms with Crippen molar-refractivity contribution < 1.29 is 9.59 Å². The SMILES string of the molecule is C=CCN1C(=O)c2cccc3c(N(CC)N(Cc4ccccn4)Cc4ccccn4)ccc(c23)C1=O. The van der Waals surface area contributed by atoms with Crippen LogP contribution in [0.2, 0.25) is 0 Å². The molecule has 4 aromatic rings. The monoisotopic (exact) mass is 477 g/mol. The Bertz CT molecular complexity index is 1360. The van der Waals surface area contributed by atoms with Crippen LogP contribution in [0.15, 0.2) is 91.8 Å². The maximum Gasteiger partial charge on any atom is 0.261 e. The molecule has 180 valence electrons. The molecule has 1 aliphatic rings. The first-order chi connectivity index (χ1) is 17.6. The Morgan fingerprint density at radius 3 is 2.03 bits per heavy atom. The zero-order valence-corrected chi connectivity index (χ0v) is 20.2. The third-order valence-corrected chi connectivity index (χ3v) is 6.34. The molecule has 0 saturated carbocycles. The molecule has 0 spiro atoms. The molecule has 0 unspecified atom stereocenters. The van der Waals surface area contributed by atoms with E-state index < -0.39 is 0 Å². The molecule has 0 atom stereocenters. The number of aromatic nitrogens is 2. The highest BCUT2D eigenvalue weighted by Crippen LogP contribution is 2.37. The van der Waals surface area contributed by atoms with Gasteiger partial charge in [-0.2, -0.15) is 0 Å². The van der Waals surface area contributed by atoms with Crippen LogP contribution in [0.5, 0.6) is 0 Å². The number of rotatable bonds is 9. The van der Waals surface area contributed by atoms with Crippen LogP contribution in [-0.4, -0.2) is 44.8 Å². The lowest BCUT2D eigenvalue weighted by atomic mass is 9.93. The molecule has 3 heterocycles. The van der Waals surface area contributed by atoms with Crippen molar-refractivity contribution in [1.29, 1.82) is 0 Å². The quantitative estimate of drug-likeness (QED) is 0.195. The van der Waals surface area contributed by atoms with Crippen molar-refractivity contribution in [3.05, 3.63) is 114 Å². The predicted molar refractivity (Wildman–Crippen MR) is 140 cm³/mol. The van der Waals surface area contributed by atoms with Gasteiger partial charge in [-0.3, -0.25) is 24.5 Å². The van der Waals surface area contributed by atoms with E-state index in [1.54, 1.807) is 24.5 Å². The molecule has 0 radical (unpaired) electrons. The van der Waals surface area contributed by atoms with Crippen molar-refractivity contribution in [2.75, 3.05) is 18.1 Å². The van der Waals surface area contributed by atoms with E-state index in [0.717, 1.165) is 22.5 Å². The second-order valence-electron chi connectivity index (χ2n) is 8.55. The van der Waals surface area contributed by atoms with Crippen LogP contribution in [0, 0.1) is 0 Å². The molecule has 0 fully saturated rings. The summed E-state index contributed by atoms with van der Waals surface area (Å²) in [6.45, 7) is 7.77. The van der Waals surface area contributed by atoms with Crippen molar-refractivity contribution in [3.8, 4) is 0 Å². The first-order valence-corrected chi connectivity index (χ1v) is 12.0. The van der Waals surface area contributed by atoms with E-state index >= 15 is 0 Å². The number of hydrogen-bond acceptors (Lipinski definition) is 6. The number of pyridine rings is 2. The maximum atomic E-state index is 13.2. The van der Waals surface area contributed by atoms with Crippen LogP contribution in [-0.2, 0) is 13.1 Å². The minimum atomic E-state index is -0.294. The van der Waals surface area contributed by atoms with Crippen LogP contribution in [0.1, 0.15) is 39.0 Å². The Hall–Kier alpha value is -4.36. The van der Waals surface area contributed by atoms with Crippen LogP contribution in [0.4, 0.5) is 5.69 Å². The minimum absolute atomic E-state index is 0.179. The number of imide groups is 1. The number of carbonyl (C=O) groups is 2. The maximum absolute atomic E-state index is 13.2. The van der Waals surface area contributed by atoms with Gasteiger partial charge in [-0.1, -0.05) is 30.3 Å². The second-order valence-corrected chi connectivity index (χ2v) is 8.55. The first kappa shape index (κ1) is 23.4. The Labute approximate surface area is 210 Å². The van der Waals surface area contributed by atoms with Crippen LogP contribution in [0.3, 0.4) is 0 Å². The summed E-state index contributed by atoms with van der Waals surface area (Å²) in [5, 5.41) is 5.93. The molecule has 0 saturated heterocycles. The standard InChI is InChI=1S/C29H27N5O2/c1-3-18-33-28(35)24-13-9-12-23-26(15-14-25(27(23)24)29(33)36)34(4-2)32(19-21-10-5-7-16-30-21)20-22-11-6-8-17-31-22/h3,5-17H,1,4,18-20H2,2H3. The molecule has 0 aliphatic carbocycles. The molecule has 2 aromatic heterocycles. The Morgan fingerprint density at radius 2 is 1.47 bits per heavy atom. The fraction of sp³-hybridized carbons (Fsp3) is 0.172. The van der Waals surface area contributed by atoms with Gasteiger partial charge in [-0.05, 0) is 49.4 Å². The Kier molecular flexibility index (Phi) is 6.56. The smallest absolute Gasteiger partial charge is 0.261 e. The fourth-order valence-corrected chi connectivity index (χ4v) is 4.76. The van der Waals surface area contributed by atoms with Gasteiger partial charge in [0.15, 0.2) is 0 Å². The van der Waals surface area contributed by atoms with E-state index in [9.17, 15) is 9.59 Å². The number of hydrogen-bond donors (Lipinski definition) is 0. The highest BCUT2D eigenvalue weighted by Gasteiger charge is 2.33. The van der Waals surface area contributed by atoms with E-state index in [1.807, 2.05) is 60.7 Å². The van der Waals surface area contributed by atoms with Crippen LogP contribution < -0.4 is 5.01 Å². The first-order valence-electron chi connectivity index (χ1n) is 12.0. The number of amides is 2. The van der Waals surface area contributed by atoms with E-state index in [-0.39, 0.29) is 18.4 Å². The molecule has 0 N–H and O–H groups in total. The van der Waals surface area contributed by atoms with Gasteiger partial charge in [0.2, 0.25) is 0 Å². The average Bonchev–Trinajstić information content (AvgIpc) is 2.91. The molecular weight excluding hydrogens is 450 g/mol. The van der Waals surface area contributed by atoms with E-state index in [0.29, 0.717) is 36.1 Å². The normalized spacial score (nSPS) is 12.9. The summed E-state index contributed by atoms with van der Waals surface area (Å²) in [7, 11) is 0. The van der Waals surface area contributed by atoms with Gasteiger partial charge in [0.25, 0.3) is 11.8 Å². The van der Waals surface area contributed by atoms with Gasteiger partial charge in [0, 0.05) is 47.4 Å². The number of nitrogens with zero attached hydrogens (tertiary/aromatic N) is 5. The highest BCUT2D eigenvalue weighted by molar-refractivity contribution is 6.26. The molecule has 36 heavy (non-hydrogen) atoms. The van der Waals surface area contributed by atoms with Crippen LogP contribution >= 0.6 is 0 Å². The fourth-order valence-electron chi connectivity index (χ4n) is 4.76. The Balaban J connectivity index is 1.62. The molecule has 7 heteroatoms. The summed E-state index contributed by atoms with van der Waals surface area (Å²) in [4.78, 5) is 36.7. The molecule has 5 rings (SSSR count). The minimum Gasteiger partial charge on any atom is -0.305 e. The van der Waals surface area contributed by atoms with Crippen LogP contribution in [0.25, 0.3) is 10.8 Å². The molecule has 2 aromatic carbocycles. The third kappa shape index (κ3) is 4.25. The molecule has 2 amide bonds. The molecular formula is C29H27N5O2. The van der Waals surface area contributed by atoms with E-state index in [1.165, 1.54) is 4.90 Å². The molecule has 7 nitrogen and oxygen atoms in total. The van der Waals surface area contributed by atoms with Gasteiger partial charge in [0.05, 0.1) is 30.2 Å². The largest absolute Gasteiger partial charge is 0.305 e. The van der Waals surface area contributed by atoms with Gasteiger partial charge in [-0.15, -0.1) is 6.58 Å². The third-order valence-electron chi connectivity index (χ3n) is 6.34. The lowest BCUT2D eigenvalue weighted by Gasteiger charge is -2.37.